The van der Waals surface area contributed by atoms with Gasteiger partial charge in [0.25, 0.3) is 5.91 Å². The Kier molecular flexibility index (Phi) is 4.70. The Morgan fingerprint density at radius 3 is 2.43 bits per heavy atom. The first-order chi connectivity index (χ1) is 9.97. The Labute approximate surface area is 130 Å². The molecule has 21 heavy (non-hydrogen) atoms. The number of amides is 2. The molecule has 0 aliphatic rings. The van der Waals surface area contributed by atoms with Gasteiger partial charge in [-0.15, -0.1) is 0 Å². The lowest BCUT2D eigenvalue weighted by Gasteiger charge is -2.17. The van der Waals surface area contributed by atoms with Crippen molar-refractivity contribution in [3.63, 3.8) is 0 Å². The van der Waals surface area contributed by atoms with E-state index in [0.29, 0.717) is 22.4 Å². The third kappa shape index (κ3) is 3.88. The summed E-state index contributed by atoms with van der Waals surface area (Å²) in [6.07, 6.45) is 0. The zero-order valence-electron chi connectivity index (χ0n) is 11.4. The maximum atomic E-state index is 12.2. The van der Waals surface area contributed by atoms with E-state index in [4.69, 9.17) is 5.73 Å². The monoisotopic (exact) mass is 347 g/mol. The third-order valence-electron chi connectivity index (χ3n) is 2.94. The lowest BCUT2D eigenvalue weighted by atomic mass is 10.1. The van der Waals surface area contributed by atoms with Crippen molar-refractivity contribution >= 4 is 27.7 Å². The fourth-order valence-corrected chi connectivity index (χ4v) is 2.19. The average Bonchev–Trinajstić information content (AvgIpc) is 2.47. The topological polar surface area (TPSA) is 76.3 Å². The van der Waals surface area contributed by atoms with E-state index in [9.17, 15) is 9.59 Å². The molecule has 0 radical (unpaired) electrons. The first-order valence-corrected chi connectivity index (χ1v) is 7.03. The standard InChI is InChI=1S/C15H14BrN3O2/c1-19(15(21)12-3-2-4-13(16)18-12)9-10-5-7-11(8-6-10)14(17)20/h2-8H,9H2,1H3,(H2,17,20). The Hall–Kier alpha value is -2.21. The number of nitrogens with two attached hydrogens (primary N) is 1. The second kappa shape index (κ2) is 6.49. The quantitative estimate of drug-likeness (QED) is 0.861. The molecule has 2 aromatic rings. The SMILES string of the molecule is CN(Cc1ccc(C(N)=O)cc1)C(=O)c1cccc(Br)n1. The van der Waals surface area contributed by atoms with Gasteiger partial charge in [0.15, 0.2) is 0 Å². The first-order valence-electron chi connectivity index (χ1n) is 6.24. The van der Waals surface area contributed by atoms with Crippen molar-refractivity contribution in [1.82, 2.24) is 9.88 Å². The fourth-order valence-electron chi connectivity index (χ4n) is 1.84. The average molecular weight is 348 g/mol. The van der Waals surface area contributed by atoms with E-state index < -0.39 is 5.91 Å². The molecule has 2 amide bonds. The molecular formula is C15H14BrN3O2. The van der Waals surface area contributed by atoms with E-state index in [1.54, 1.807) is 54.4 Å². The molecule has 1 heterocycles. The summed E-state index contributed by atoms with van der Waals surface area (Å²) in [5, 5.41) is 0. The van der Waals surface area contributed by atoms with Gasteiger partial charge >= 0.3 is 0 Å². The van der Waals surface area contributed by atoms with Gasteiger partial charge in [-0.05, 0) is 45.8 Å². The molecule has 108 valence electrons. The summed E-state index contributed by atoms with van der Waals surface area (Å²) in [6.45, 7) is 0.423. The van der Waals surface area contributed by atoms with Crippen molar-refractivity contribution in [2.24, 2.45) is 5.73 Å². The highest BCUT2D eigenvalue weighted by molar-refractivity contribution is 9.10. The van der Waals surface area contributed by atoms with Crippen molar-refractivity contribution < 1.29 is 9.59 Å². The lowest BCUT2D eigenvalue weighted by Crippen LogP contribution is -2.27. The molecular weight excluding hydrogens is 334 g/mol. The predicted octanol–water partition coefficient (Wildman–Crippen LogP) is 2.22. The molecule has 0 bridgehead atoms. The summed E-state index contributed by atoms with van der Waals surface area (Å²) in [6, 6.07) is 12.0. The summed E-state index contributed by atoms with van der Waals surface area (Å²) < 4.78 is 0.618. The van der Waals surface area contributed by atoms with Crippen LogP contribution in [0.15, 0.2) is 47.1 Å². The maximum absolute atomic E-state index is 12.2. The number of pyridine rings is 1. The fraction of sp³-hybridized carbons (Fsp3) is 0.133. The summed E-state index contributed by atoms with van der Waals surface area (Å²) in [5.74, 6) is -0.639. The molecule has 0 spiro atoms. The molecule has 2 N–H and O–H groups in total. The molecule has 6 heteroatoms. The van der Waals surface area contributed by atoms with Gasteiger partial charge in [-0.1, -0.05) is 18.2 Å². The molecule has 2 rings (SSSR count). The van der Waals surface area contributed by atoms with Crippen LogP contribution < -0.4 is 5.73 Å². The van der Waals surface area contributed by atoms with Gasteiger partial charge in [-0.3, -0.25) is 9.59 Å². The molecule has 0 aliphatic carbocycles. The van der Waals surface area contributed by atoms with Crippen LogP contribution in [0.25, 0.3) is 0 Å². The summed E-state index contributed by atoms with van der Waals surface area (Å²) in [4.78, 5) is 29.0. The van der Waals surface area contributed by atoms with E-state index in [0.717, 1.165) is 5.56 Å². The van der Waals surface area contributed by atoms with Crippen LogP contribution in [0, 0.1) is 0 Å². The molecule has 0 saturated heterocycles. The van der Waals surface area contributed by atoms with Crippen LogP contribution in [0.3, 0.4) is 0 Å². The second-order valence-electron chi connectivity index (χ2n) is 4.57. The molecule has 1 aromatic carbocycles. The largest absolute Gasteiger partial charge is 0.366 e. The van der Waals surface area contributed by atoms with Crippen molar-refractivity contribution in [1.29, 1.82) is 0 Å². The maximum Gasteiger partial charge on any atom is 0.272 e. The Morgan fingerprint density at radius 1 is 1.19 bits per heavy atom. The van der Waals surface area contributed by atoms with Crippen LogP contribution in [-0.4, -0.2) is 28.7 Å². The van der Waals surface area contributed by atoms with Gasteiger partial charge < -0.3 is 10.6 Å². The number of hydrogen-bond acceptors (Lipinski definition) is 3. The number of nitrogens with zero attached hydrogens (tertiary/aromatic N) is 2. The van der Waals surface area contributed by atoms with E-state index in [2.05, 4.69) is 20.9 Å². The molecule has 0 unspecified atom stereocenters. The number of carbonyl (C=O) groups excluding carboxylic acids is 2. The van der Waals surface area contributed by atoms with Crippen molar-refractivity contribution in [2.75, 3.05) is 7.05 Å². The van der Waals surface area contributed by atoms with Crippen molar-refractivity contribution in [2.45, 2.75) is 6.54 Å². The highest BCUT2D eigenvalue weighted by Crippen LogP contribution is 2.11. The lowest BCUT2D eigenvalue weighted by molar-refractivity contribution is 0.0778. The van der Waals surface area contributed by atoms with Crippen molar-refractivity contribution in [3.05, 3.63) is 63.9 Å². The highest BCUT2D eigenvalue weighted by atomic mass is 79.9. The minimum atomic E-state index is -0.468. The van der Waals surface area contributed by atoms with Crippen LogP contribution in [0.2, 0.25) is 0 Å². The zero-order chi connectivity index (χ0) is 15.4. The van der Waals surface area contributed by atoms with Gasteiger partial charge in [0.1, 0.15) is 10.3 Å². The van der Waals surface area contributed by atoms with Crippen LogP contribution in [0.5, 0.6) is 0 Å². The van der Waals surface area contributed by atoms with E-state index in [1.165, 1.54) is 0 Å². The van der Waals surface area contributed by atoms with Crippen LogP contribution in [-0.2, 0) is 6.54 Å². The minimum Gasteiger partial charge on any atom is -0.366 e. The first kappa shape index (κ1) is 15.2. The number of benzene rings is 1. The number of aromatic nitrogens is 1. The smallest absolute Gasteiger partial charge is 0.272 e. The van der Waals surface area contributed by atoms with Gasteiger partial charge in [-0.25, -0.2) is 4.98 Å². The number of halogens is 1. The predicted molar refractivity (Wildman–Crippen MR) is 82.7 cm³/mol. The number of primary amides is 1. The summed E-state index contributed by atoms with van der Waals surface area (Å²) in [5.41, 5.74) is 6.92. The zero-order valence-corrected chi connectivity index (χ0v) is 13.0. The van der Waals surface area contributed by atoms with Crippen LogP contribution in [0.1, 0.15) is 26.4 Å². The molecule has 0 saturated carbocycles. The van der Waals surface area contributed by atoms with Gasteiger partial charge in [0.2, 0.25) is 5.91 Å². The molecule has 1 aromatic heterocycles. The highest BCUT2D eigenvalue weighted by Gasteiger charge is 2.13. The summed E-state index contributed by atoms with van der Waals surface area (Å²) in [7, 11) is 1.70. The van der Waals surface area contributed by atoms with Gasteiger partial charge in [0, 0.05) is 19.2 Å². The van der Waals surface area contributed by atoms with E-state index in [-0.39, 0.29) is 5.91 Å². The normalized spacial score (nSPS) is 10.2. The Balaban J connectivity index is 2.08. The number of carbonyl (C=O) groups is 2. The minimum absolute atomic E-state index is 0.171. The molecule has 5 nitrogen and oxygen atoms in total. The Morgan fingerprint density at radius 2 is 1.86 bits per heavy atom. The van der Waals surface area contributed by atoms with E-state index in [1.807, 2.05) is 0 Å². The van der Waals surface area contributed by atoms with E-state index >= 15 is 0 Å². The third-order valence-corrected chi connectivity index (χ3v) is 3.38. The van der Waals surface area contributed by atoms with Crippen LogP contribution >= 0.6 is 15.9 Å². The second-order valence-corrected chi connectivity index (χ2v) is 5.38. The summed E-state index contributed by atoms with van der Waals surface area (Å²) >= 11 is 3.24. The number of rotatable bonds is 4. The van der Waals surface area contributed by atoms with Crippen molar-refractivity contribution in [3.8, 4) is 0 Å². The van der Waals surface area contributed by atoms with Gasteiger partial charge in [-0.2, -0.15) is 0 Å². The van der Waals surface area contributed by atoms with Gasteiger partial charge in [0.05, 0.1) is 0 Å². The Bertz CT molecular complexity index is 671. The van der Waals surface area contributed by atoms with Crippen LogP contribution in [0.4, 0.5) is 0 Å². The molecule has 0 atom stereocenters. The number of hydrogen-bond donors (Lipinski definition) is 1. The molecule has 0 fully saturated rings. The molecule has 0 aliphatic heterocycles.